The van der Waals surface area contributed by atoms with Gasteiger partial charge in [0.2, 0.25) is 0 Å². The normalized spacial score (nSPS) is 16.3. The number of hydrogen-bond acceptors (Lipinski definition) is 4. The van der Waals surface area contributed by atoms with Crippen molar-refractivity contribution in [2.45, 2.75) is 31.8 Å². The fraction of sp³-hybridized carbons (Fsp3) is 0.400. The maximum atomic E-state index is 5.75. The lowest BCUT2D eigenvalue weighted by Gasteiger charge is -2.19. The maximum Gasteiger partial charge on any atom is 0.124 e. The molecule has 1 atom stereocenters. The summed E-state index contributed by atoms with van der Waals surface area (Å²) in [4.78, 5) is 4.48. The van der Waals surface area contributed by atoms with Crippen molar-refractivity contribution in [2.75, 3.05) is 6.61 Å². The topological polar surface area (TPSA) is 34.1 Å². The van der Waals surface area contributed by atoms with Crippen LogP contribution in [0.1, 0.15) is 36.4 Å². The van der Waals surface area contributed by atoms with Crippen LogP contribution in [-0.2, 0) is 0 Å². The molecule has 100 valence electrons. The van der Waals surface area contributed by atoms with Gasteiger partial charge in [0.1, 0.15) is 10.8 Å². The number of aromatic nitrogens is 1. The van der Waals surface area contributed by atoms with Gasteiger partial charge in [-0.3, -0.25) is 0 Å². The Morgan fingerprint density at radius 2 is 2.26 bits per heavy atom. The Labute approximate surface area is 117 Å². The Hall–Kier alpha value is -1.39. The zero-order valence-electron chi connectivity index (χ0n) is 11.0. The first kappa shape index (κ1) is 12.6. The Balaban J connectivity index is 1.94. The molecule has 1 fully saturated rings. The standard InChI is InChI=1S/C15H18N2OS/c1-2-18-13-6-4-3-5-12(13)14(17-11-7-8-11)15-16-9-10-19-15/h3-6,9-11,14,17H,2,7-8H2,1H3. The van der Waals surface area contributed by atoms with E-state index in [2.05, 4.69) is 22.4 Å². The summed E-state index contributed by atoms with van der Waals surface area (Å²) in [6.07, 6.45) is 4.39. The van der Waals surface area contributed by atoms with E-state index in [1.165, 1.54) is 18.4 Å². The highest BCUT2D eigenvalue weighted by molar-refractivity contribution is 7.09. The molecule has 0 radical (unpaired) electrons. The molecule has 0 aliphatic heterocycles. The number of nitrogens with zero attached hydrogens (tertiary/aromatic N) is 1. The molecule has 0 spiro atoms. The molecule has 0 amide bonds. The summed E-state index contributed by atoms with van der Waals surface area (Å²) in [6, 6.07) is 9.02. The minimum atomic E-state index is 0.148. The van der Waals surface area contributed by atoms with Gasteiger partial charge >= 0.3 is 0 Å². The van der Waals surface area contributed by atoms with Crippen LogP contribution >= 0.6 is 11.3 Å². The lowest BCUT2D eigenvalue weighted by molar-refractivity contribution is 0.333. The number of benzene rings is 1. The van der Waals surface area contributed by atoms with Gasteiger partial charge in [-0.15, -0.1) is 11.3 Å². The van der Waals surface area contributed by atoms with E-state index >= 15 is 0 Å². The van der Waals surface area contributed by atoms with Crippen molar-refractivity contribution in [2.24, 2.45) is 0 Å². The Kier molecular flexibility index (Phi) is 3.80. The number of hydrogen-bond donors (Lipinski definition) is 1. The highest BCUT2D eigenvalue weighted by Crippen LogP contribution is 2.34. The average molecular weight is 274 g/mol. The number of rotatable bonds is 6. The second-order valence-corrected chi connectivity index (χ2v) is 5.64. The first-order chi connectivity index (χ1) is 9.38. The van der Waals surface area contributed by atoms with Crippen molar-refractivity contribution in [3.63, 3.8) is 0 Å². The van der Waals surface area contributed by atoms with Crippen LogP contribution in [0.4, 0.5) is 0 Å². The van der Waals surface area contributed by atoms with Gasteiger partial charge in [-0.05, 0) is 25.8 Å². The van der Waals surface area contributed by atoms with Gasteiger partial charge < -0.3 is 10.1 Å². The van der Waals surface area contributed by atoms with Crippen molar-refractivity contribution in [1.82, 2.24) is 10.3 Å². The largest absolute Gasteiger partial charge is 0.494 e. The second kappa shape index (κ2) is 5.72. The summed E-state index contributed by atoms with van der Waals surface area (Å²) in [6.45, 7) is 2.70. The summed E-state index contributed by atoms with van der Waals surface area (Å²) in [7, 11) is 0. The quantitative estimate of drug-likeness (QED) is 0.877. The second-order valence-electron chi connectivity index (χ2n) is 4.72. The van der Waals surface area contributed by atoms with E-state index in [4.69, 9.17) is 4.74 Å². The van der Waals surface area contributed by atoms with Gasteiger partial charge in [-0.1, -0.05) is 18.2 Å². The van der Waals surface area contributed by atoms with E-state index in [0.717, 1.165) is 10.8 Å². The molecule has 3 rings (SSSR count). The van der Waals surface area contributed by atoms with Gasteiger partial charge in [0.15, 0.2) is 0 Å². The highest BCUT2D eigenvalue weighted by Gasteiger charge is 2.29. The number of para-hydroxylation sites is 1. The molecule has 1 aromatic carbocycles. The van der Waals surface area contributed by atoms with Gasteiger partial charge in [0, 0.05) is 23.2 Å². The Morgan fingerprint density at radius 3 is 2.95 bits per heavy atom. The van der Waals surface area contributed by atoms with Crippen LogP contribution < -0.4 is 10.1 Å². The molecule has 19 heavy (non-hydrogen) atoms. The van der Waals surface area contributed by atoms with Crippen molar-refractivity contribution in [3.05, 3.63) is 46.4 Å². The van der Waals surface area contributed by atoms with E-state index in [1.807, 2.05) is 30.6 Å². The fourth-order valence-corrected chi connectivity index (χ4v) is 2.88. The smallest absolute Gasteiger partial charge is 0.124 e. The fourth-order valence-electron chi connectivity index (χ4n) is 2.16. The van der Waals surface area contributed by atoms with Crippen LogP contribution in [0.25, 0.3) is 0 Å². The summed E-state index contributed by atoms with van der Waals surface area (Å²) in [5.74, 6) is 0.957. The highest BCUT2D eigenvalue weighted by atomic mass is 32.1. The van der Waals surface area contributed by atoms with Crippen molar-refractivity contribution < 1.29 is 4.74 Å². The third-order valence-corrected chi connectivity index (χ3v) is 4.05. The third-order valence-electron chi connectivity index (χ3n) is 3.21. The number of nitrogens with one attached hydrogen (secondary N) is 1. The van der Waals surface area contributed by atoms with E-state index in [9.17, 15) is 0 Å². The molecule has 1 saturated carbocycles. The molecule has 1 aliphatic carbocycles. The third kappa shape index (κ3) is 2.96. The van der Waals surface area contributed by atoms with Crippen molar-refractivity contribution in [3.8, 4) is 5.75 Å². The molecule has 1 unspecified atom stereocenters. The molecule has 2 aromatic rings. The van der Waals surface area contributed by atoms with Gasteiger partial charge in [-0.25, -0.2) is 4.98 Å². The molecule has 1 aromatic heterocycles. The lowest BCUT2D eigenvalue weighted by Crippen LogP contribution is -2.24. The molecule has 1 aliphatic rings. The minimum absolute atomic E-state index is 0.148. The molecule has 1 N–H and O–H groups in total. The molecule has 0 bridgehead atoms. The van der Waals surface area contributed by atoms with Crippen LogP contribution in [0.15, 0.2) is 35.8 Å². The van der Waals surface area contributed by atoms with Crippen LogP contribution in [0.2, 0.25) is 0 Å². The zero-order valence-corrected chi connectivity index (χ0v) is 11.8. The summed E-state index contributed by atoms with van der Waals surface area (Å²) < 4.78 is 5.75. The zero-order chi connectivity index (χ0) is 13.1. The molecular formula is C15H18N2OS. The van der Waals surface area contributed by atoms with Crippen molar-refractivity contribution in [1.29, 1.82) is 0 Å². The monoisotopic (exact) mass is 274 g/mol. The SMILES string of the molecule is CCOc1ccccc1C(NC1CC1)c1nccs1. The minimum Gasteiger partial charge on any atom is -0.494 e. The number of ether oxygens (including phenoxy) is 1. The first-order valence-electron chi connectivity index (χ1n) is 6.75. The van der Waals surface area contributed by atoms with Crippen LogP contribution in [-0.4, -0.2) is 17.6 Å². The summed E-state index contributed by atoms with van der Waals surface area (Å²) in [5, 5.41) is 6.81. The molecule has 0 saturated heterocycles. The average Bonchev–Trinajstić information content (AvgIpc) is 3.09. The Morgan fingerprint density at radius 1 is 1.42 bits per heavy atom. The van der Waals surface area contributed by atoms with Crippen molar-refractivity contribution >= 4 is 11.3 Å². The lowest BCUT2D eigenvalue weighted by atomic mass is 10.1. The van der Waals surface area contributed by atoms with Crippen LogP contribution in [0.3, 0.4) is 0 Å². The molecule has 4 heteroatoms. The first-order valence-corrected chi connectivity index (χ1v) is 7.63. The summed E-state index contributed by atoms with van der Waals surface area (Å²) in [5.41, 5.74) is 1.19. The molecule has 1 heterocycles. The van der Waals surface area contributed by atoms with E-state index < -0.39 is 0 Å². The maximum absolute atomic E-state index is 5.75. The van der Waals surface area contributed by atoms with Crippen LogP contribution in [0.5, 0.6) is 5.75 Å². The van der Waals surface area contributed by atoms with Crippen LogP contribution in [0, 0.1) is 0 Å². The number of thiazole rings is 1. The van der Waals surface area contributed by atoms with E-state index in [0.29, 0.717) is 12.6 Å². The molecule has 3 nitrogen and oxygen atoms in total. The molecular weight excluding hydrogens is 256 g/mol. The van der Waals surface area contributed by atoms with Gasteiger partial charge in [-0.2, -0.15) is 0 Å². The predicted octanol–water partition coefficient (Wildman–Crippen LogP) is 3.38. The Bertz CT molecular complexity index is 523. The summed E-state index contributed by atoms with van der Waals surface area (Å²) >= 11 is 1.69. The predicted molar refractivity (Wildman–Crippen MR) is 77.7 cm³/mol. The van der Waals surface area contributed by atoms with Gasteiger partial charge in [0.25, 0.3) is 0 Å². The van der Waals surface area contributed by atoms with Gasteiger partial charge in [0.05, 0.1) is 12.6 Å². The van der Waals surface area contributed by atoms with E-state index in [-0.39, 0.29) is 6.04 Å². The van der Waals surface area contributed by atoms with E-state index in [1.54, 1.807) is 11.3 Å².